The van der Waals surface area contributed by atoms with E-state index in [1.54, 1.807) is 31.2 Å². The van der Waals surface area contributed by atoms with Crippen molar-refractivity contribution in [1.29, 1.82) is 0 Å². The van der Waals surface area contributed by atoms with Gasteiger partial charge in [0.1, 0.15) is 11.6 Å². The van der Waals surface area contributed by atoms with Crippen LogP contribution in [0.25, 0.3) is 0 Å². The van der Waals surface area contributed by atoms with Crippen molar-refractivity contribution in [2.45, 2.75) is 13.3 Å². The Hall–Kier alpha value is -2.36. The molecule has 0 aliphatic rings. The lowest BCUT2D eigenvalue weighted by molar-refractivity contribution is -0.115. The number of amides is 1. The van der Waals surface area contributed by atoms with Gasteiger partial charge in [-0.25, -0.2) is 4.39 Å². The molecule has 3 nitrogen and oxygen atoms in total. The maximum absolute atomic E-state index is 13.6. The number of anilines is 1. The van der Waals surface area contributed by atoms with Crippen molar-refractivity contribution in [2.75, 3.05) is 5.32 Å². The van der Waals surface area contributed by atoms with Crippen LogP contribution < -0.4 is 5.32 Å². The van der Waals surface area contributed by atoms with Crippen molar-refractivity contribution in [3.8, 4) is 5.75 Å². The van der Waals surface area contributed by atoms with Crippen LogP contribution in [-0.4, -0.2) is 11.0 Å². The summed E-state index contributed by atoms with van der Waals surface area (Å²) in [5.74, 6) is -0.671. The largest absolute Gasteiger partial charge is 0.508 e. The molecule has 2 N–H and O–H groups in total. The van der Waals surface area contributed by atoms with Crippen LogP contribution in [0.2, 0.25) is 0 Å². The Morgan fingerprint density at radius 2 is 2.00 bits per heavy atom. The van der Waals surface area contributed by atoms with Crippen molar-refractivity contribution >= 4 is 11.6 Å². The van der Waals surface area contributed by atoms with Gasteiger partial charge in [0.05, 0.1) is 12.1 Å². The molecule has 0 atom stereocenters. The number of para-hydroxylation sites is 1. The molecule has 1 amide bonds. The van der Waals surface area contributed by atoms with E-state index in [1.165, 1.54) is 18.2 Å². The molecule has 0 spiro atoms. The smallest absolute Gasteiger partial charge is 0.228 e. The topological polar surface area (TPSA) is 49.3 Å². The first-order valence-corrected chi connectivity index (χ1v) is 5.89. The summed E-state index contributed by atoms with van der Waals surface area (Å²) in [4.78, 5) is 11.8. The Morgan fingerprint density at radius 3 is 2.68 bits per heavy atom. The molecule has 0 saturated heterocycles. The molecule has 4 heteroatoms. The van der Waals surface area contributed by atoms with Crippen molar-refractivity contribution in [3.05, 3.63) is 59.4 Å². The van der Waals surface area contributed by atoms with Crippen LogP contribution in [0.5, 0.6) is 5.75 Å². The Labute approximate surface area is 110 Å². The summed E-state index contributed by atoms with van der Waals surface area (Å²) in [5.41, 5.74) is 1.54. The SMILES string of the molecule is Cc1cccc(F)c1NC(=O)Cc1cccc(O)c1. The molecule has 2 aromatic carbocycles. The van der Waals surface area contributed by atoms with E-state index < -0.39 is 5.82 Å². The third-order valence-corrected chi connectivity index (χ3v) is 2.76. The highest BCUT2D eigenvalue weighted by Gasteiger charge is 2.10. The predicted molar refractivity (Wildman–Crippen MR) is 71.6 cm³/mol. The number of phenolic OH excluding ortho intramolecular Hbond substituents is 1. The molecule has 0 aliphatic heterocycles. The molecule has 0 heterocycles. The summed E-state index contributed by atoms with van der Waals surface area (Å²) in [5, 5.41) is 11.9. The molecule has 0 radical (unpaired) electrons. The number of carbonyl (C=O) groups is 1. The van der Waals surface area contributed by atoms with Gasteiger partial charge in [0.15, 0.2) is 0 Å². The fraction of sp³-hybridized carbons (Fsp3) is 0.133. The van der Waals surface area contributed by atoms with E-state index in [2.05, 4.69) is 5.32 Å². The van der Waals surface area contributed by atoms with E-state index in [9.17, 15) is 14.3 Å². The summed E-state index contributed by atoms with van der Waals surface area (Å²) in [6, 6.07) is 11.1. The molecule has 19 heavy (non-hydrogen) atoms. The maximum Gasteiger partial charge on any atom is 0.228 e. The number of nitrogens with one attached hydrogen (secondary N) is 1. The van der Waals surface area contributed by atoms with Crippen LogP contribution in [0, 0.1) is 12.7 Å². The normalized spacial score (nSPS) is 10.2. The molecule has 0 bridgehead atoms. The van der Waals surface area contributed by atoms with Gasteiger partial charge in [0.2, 0.25) is 5.91 Å². The monoisotopic (exact) mass is 259 g/mol. The molecule has 2 aromatic rings. The van der Waals surface area contributed by atoms with Gasteiger partial charge < -0.3 is 10.4 Å². The van der Waals surface area contributed by atoms with Gasteiger partial charge in [-0.2, -0.15) is 0 Å². The second-order valence-electron chi connectivity index (χ2n) is 4.33. The van der Waals surface area contributed by atoms with Gasteiger partial charge >= 0.3 is 0 Å². The Balaban J connectivity index is 2.10. The predicted octanol–water partition coefficient (Wildman–Crippen LogP) is 3.02. The number of benzene rings is 2. The van der Waals surface area contributed by atoms with E-state index in [0.29, 0.717) is 11.1 Å². The number of halogens is 1. The van der Waals surface area contributed by atoms with Crippen LogP contribution in [0.15, 0.2) is 42.5 Å². The minimum Gasteiger partial charge on any atom is -0.508 e. The average Bonchev–Trinajstić information content (AvgIpc) is 2.34. The molecular formula is C15H14FNO2. The van der Waals surface area contributed by atoms with Crippen LogP contribution >= 0.6 is 0 Å². The van der Waals surface area contributed by atoms with E-state index in [4.69, 9.17) is 0 Å². The lowest BCUT2D eigenvalue weighted by Gasteiger charge is -2.09. The highest BCUT2D eigenvalue weighted by Crippen LogP contribution is 2.19. The van der Waals surface area contributed by atoms with E-state index in [0.717, 1.165) is 0 Å². The fourth-order valence-electron chi connectivity index (χ4n) is 1.83. The van der Waals surface area contributed by atoms with Gasteiger partial charge in [-0.1, -0.05) is 24.3 Å². The molecule has 0 fully saturated rings. The van der Waals surface area contributed by atoms with Crippen LogP contribution in [0.1, 0.15) is 11.1 Å². The quantitative estimate of drug-likeness (QED) is 0.890. The van der Waals surface area contributed by atoms with Gasteiger partial charge in [-0.3, -0.25) is 4.79 Å². The number of carbonyl (C=O) groups excluding carboxylic acids is 1. The molecular weight excluding hydrogens is 245 g/mol. The molecule has 98 valence electrons. The standard InChI is InChI=1S/C15H14FNO2/c1-10-4-2-7-13(16)15(10)17-14(19)9-11-5-3-6-12(18)8-11/h2-8,18H,9H2,1H3,(H,17,19). The van der Waals surface area contributed by atoms with Crippen molar-refractivity contribution in [2.24, 2.45) is 0 Å². The van der Waals surface area contributed by atoms with Gasteiger partial charge in [-0.05, 0) is 36.2 Å². The van der Waals surface area contributed by atoms with Crippen LogP contribution in [0.4, 0.5) is 10.1 Å². The highest BCUT2D eigenvalue weighted by molar-refractivity contribution is 5.93. The first kappa shape index (κ1) is 13.1. The van der Waals surface area contributed by atoms with Crippen LogP contribution in [0.3, 0.4) is 0 Å². The molecule has 0 aliphatic carbocycles. The average molecular weight is 259 g/mol. The van der Waals surface area contributed by atoms with Crippen molar-refractivity contribution in [1.82, 2.24) is 0 Å². The van der Waals surface area contributed by atoms with Crippen molar-refractivity contribution in [3.63, 3.8) is 0 Å². The number of phenols is 1. The number of rotatable bonds is 3. The fourth-order valence-corrected chi connectivity index (χ4v) is 1.83. The van der Waals surface area contributed by atoms with E-state index in [-0.39, 0.29) is 23.8 Å². The lowest BCUT2D eigenvalue weighted by atomic mass is 10.1. The van der Waals surface area contributed by atoms with Gasteiger partial charge in [-0.15, -0.1) is 0 Å². The Morgan fingerprint density at radius 1 is 1.26 bits per heavy atom. The lowest BCUT2D eigenvalue weighted by Crippen LogP contribution is -2.16. The maximum atomic E-state index is 13.6. The van der Waals surface area contributed by atoms with Gasteiger partial charge in [0.25, 0.3) is 0 Å². The minimum atomic E-state index is -0.454. The summed E-state index contributed by atoms with van der Waals surface area (Å²) < 4.78 is 13.6. The Kier molecular flexibility index (Phi) is 3.80. The highest BCUT2D eigenvalue weighted by atomic mass is 19.1. The first-order valence-electron chi connectivity index (χ1n) is 5.89. The van der Waals surface area contributed by atoms with E-state index in [1.807, 2.05) is 0 Å². The molecule has 2 rings (SSSR count). The number of hydrogen-bond donors (Lipinski definition) is 2. The third kappa shape index (κ3) is 3.31. The third-order valence-electron chi connectivity index (χ3n) is 2.76. The summed E-state index contributed by atoms with van der Waals surface area (Å²) in [6.07, 6.45) is 0.0855. The minimum absolute atomic E-state index is 0.0855. The zero-order valence-corrected chi connectivity index (χ0v) is 10.5. The number of hydrogen-bond acceptors (Lipinski definition) is 2. The molecule has 0 aromatic heterocycles. The Bertz CT molecular complexity index is 591. The summed E-state index contributed by atoms with van der Waals surface area (Å²) in [7, 11) is 0. The second-order valence-corrected chi connectivity index (χ2v) is 4.33. The summed E-state index contributed by atoms with van der Waals surface area (Å²) >= 11 is 0. The zero-order chi connectivity index (χ0) is 13.8. The molecule has 0 unspecified atom stereocenters. The number of aromatic hydroxyl groups is 1. The van der Waals surface area contributed by atoms with Crippen molar-refractivity contribution < 1.29 is 14.3 Å². The number of aryl methyl sites for hydroxylation is 1. The second kappa shape index (κ2) is 5.52. The zero-order valence-electron chi connectivity index (χ0n) is 10.5. The van der Waals surface area contributed by atoms with E-state index >= 15 is 0 Å². The van der Waals surface area contributed by atoms with Crippen LogP contribution in [-0.2, 0) is 11.2 Å². The first-order chi connectivity index (χ1) is 9.06. The summed E-state index contributed by atoms with van der Waals surface area (Å²) in [6.45, 7) is 1.73. The van der Waals surface area contributed by atoms with Gasteiger partial charge in [0, 0.05) is 0 Å². The molecule has 0 saturated carbocycles.